The molecular weight excluding hydrogens is 186 g/mol. The van der Waals surface area contributed by atoms with Crippen molar-refractivity contribution in [2.45, 2.75) is 6.92 Å². The van der Waals surface area contributed by atoms with Crippen LogP contribution in [0, 0.1) is 18.3 Å². The first kappa shape index (κ1) is 7.89. The molecule has 0 amide bonds. The second-order valence-electron chi connectivity index (χ2n) is 2.36. The van der Waals surface area contributed by atoms with E-state index in [4.69, 9.17) is 5.26 Å². The summed E-state index contributed by atoms with van der Waals surface area (Å²) in [4.78, 5) is 4.06. The molecule has 0 unspecified atom stereocenters. The predicted octanol–water partition coefficient (Wildman–Crippen LogP) is 0.904. The van der Waals surface area contributed by atoms with Crippen molar-refractivity contribution in [3.05, 3.63) is 23.0 Å². The van der Waals surface area contributed by atoms with Crippen molar-refractivity contribution in [3.63, 3.8) is 0 Å². The standard InChI is InChI=1S/C7H5N5S/c1-5-6(4-8)10-11-12(5)7-9-2-3-13-7/h2-3H,1H3. The third-order valence-electron chi connectivity index (χ3n) is 1.60. The number of nitriles is 1. The zero-order valence-electron chi connectivity index (χ0n) is 6.80. The van der Waals surface area contributed by atoms with Gasteiger partial charge in [-0.3, -0.25) is 0 Å². The fourth-order valence-corrected chi connectivity index (χ4v) is 1.57. The Morgan fingerprint density at radius 1 is 1.62 bits per heavy atom. The van der Waals surface area contributed by atoms with E-state index in [-0.39, 0.29) is 0 Å². The molecular formula is C7H5N5S. The summed E-state index contributed by atoms with van der Waals surface area (Å²) in [5.74, 6) is 0. The van der Waals surface area contributed by atoms with Crippen LogP contribution in [-0.2, 0) is 0 Å². The van der Waals surface area contributed by atoms with Gasteiger partial charge in [-0.25, -0.2) is 4.98 Å². The lowest BCUT2D eigenvalue weighted by atomic mass is 10.4. The molecule has 0 saturated carbocycles. The minimum Gasteiger partial charge on any atom is -0.227 e. The van der Waals surface area contributed by atoms with Crippen LogP contribution >= 0.6 is 11.3 Å². The van der Waals surface area contributed by atoms with Crippen molar-refractivity contribution in [2.24, 2.45) is 0 Å². The molecule has 6 heteroatoms. The van der Waals surface area contributed by atoms with Crippen LogP contribution < -0.4 is 0 Å². The fourth-order valence-electron chi connectivity index (χ4n) is 0.935. The Morgan fingerprint density at radius 3 is 3.00 bits per heavy atom. The van der Waals surface area contributed by atoms with Gasteiger partial charge in [-0.15, -0.1) is 16.4 Å². The first-order valence-electron chi connectivity index (χ1n) is 3.55. The topological polar surface area (TPSA) is 67.4 Å². The number of aromatic nitrogens is 4. The Hall–Kier alpha value is -1.74. The second kappa shape index (κ2) is 2.95. The highest BCUT2D eigenvalue weighted by molar-refractivity contribution is 7.12. The summed E-state index contributed by atoms with van der Waals surface area (Å²) in [5.41, 5.74) is 1.06. The van der Waals surface area contributed by atoms with E-state index in [1.165, 1.54) is 11.3 Å². The lowest BCUT2D eigenvalue weighted by molar-refractivity contribution is 0.779. The Bertz CT molecular complexity index is 450. The van der Waals surface area contributed by atoms with Crippen LogP contribution in [0.1, 0.15) is 11.4 Å². The summed E-state index contributed by atoms with van der Waals surface area (Å²) < 4.78 is 1.56. The Labute approximate surface area is 78.3 Å². The molecule has 2 heterocycles. The molecule has 64 valence electrons. The minimum atomic E-state index is 0.343. The van der Waals surface area contributed by atoms with Gasteiger partial charge in [0.05, 0.1) is 5.69 Å². The molecule has 0 aliphatic rings. The van der Waals surface area contributed by atoms with Crippen LogP contribution in [0.25, 0.3) is 5.13 Å². The van der Waals surface area contributed by atoms with Gasteiger partial charge in [0.15, 0.2) is 5.69 Å². The van der Waals surface area contributed by atoms with Gasteiger partial charge >= 0.3 is 0 Å². The van der Waals surface area contributed by atoms with Crippen molar-refractivity contribution >= 4 is 11.3 Å². The maximum Gasteiger partial charge on any atom is 0.211 e. The zero-order valence-corrected chi connectivity index (χ0v) is 7.62. The van der Waals surface area contributed by atoms with Crippen molar-refractivity contribution in [3.8, 4) is 11.2 Å². The van der Waals surface area contributed by atoms with Gasteiger partial charge in [0.2, 0.25) is 5.13 Å². The van der Waals surface area contributed by atoms with Crippen LogP contribution in [-0.4, -0.2) is 20.0 Å². The molecule has 0 atom stereocenters. The Morgan fingerprint density at radius 2 is 2.46 bits per heavy atom. The molecule has 5 nitrogen and oxygen atoms in total. The molecule has 13 heavy (non-hydrogen) atoms. The van der Waals surface area contributed by atoms with Crippen molar-refractivity contribution in [2.75, 3.05) is 0 Å². The lowest BCUT2D eigenvalue weighted by Gasteiger charge is -1.94. The van der Waals surface area contributed by atoms with Gasteiger partial charge in [0.25, 0.3) is 0 Å². The van der Waals surface area contributed by atoms with E-state index < -0.39 is 0 Å². The summed E-state index contributed by atoms with van der Waals surface area (Å²) in [7, 11) is 0. The van der Waals surface area contributed by atoms with E-state index in [0.717, 1.165) is 10.8 Å². The van der Waals surface area contributed by atoms with E-state index in [2.05, 4.69) is 15.3 Å². The number of hydrogen-bond acceptors (Lipinski definition) is 5. The maximum absolute atomic E-state index is 8.65. The predicted molar refractivity (Wildman–Crippen MR) is 46.5 cm³/mol. The molecule has 0 N–H and O–H groups in total. The Balaban J connectivity index is 2.55. The molecule has 0 spiro atoms. The SMILES string of the molecule is Cc1c(C#N)nnn1-c1nccs1. The monoisotopic (exact) mass is 191 g/mol. The summed E-state index contributed by atoms with van der Waals surface area (Å²) >= 11 is 1.45. The number of hydrogen-bond donors (Lipinski definition) is 0. The molecule has 2 aromatic rings. The summed E-state index contributed by atoms with van der Waals surface area (Å²) in [6.07, 6.45) is 1.69. The smallest absolute Gasteiger partial charge is 0.211 e. The third kappa shape index (κ3) is 1.19. The van der Waals surface area contributed by atoms with Gasteiger partial charge in [-0.1, -0.05) is 5.21 Å². The lowest BCUT2D eigenvalue weighted by Crippen LogP contribution is -1.97. The first-order valence-corrected chi connectivity index (χ1v) is 4.43. The van der Waals surface area contributed by atoms with Gasteiger partial charge in [0, 0.05) is 11.6 Å². The molecule has 0 saturated heterocycles. The molecule has 0 aliphatic heterocycles. The van der Waals surface area contributed by atoms with E-state index in [1.807, 2.05) is 11.4 Å². The van der Waals surface area contributed by atoms with E-state index in [0.29, 0.717) is 5.69 Å². The zero-order chi connectivity index (χ0) is 9.26. The molecule has 2 aromatic heterocycles. The second-order valence-corrected chi connectivity index (χ2v) is 3.23. The first-order chi connectivity index (χ1) is 6.33. The highest BCUT2D eigenvalue weighted by Crippen LogP contribution is 2.13. The molecule has 2 rings (SSSR count). The van der Waals surface area contributed by atoms with Gasteiger partial charge < -0.3 is 0 Å². The van der Waals surface area contributed by atoms with E-state index in [9.17, 15) is 0 Å². The van der Waals surface area contributed by atoms with Crippen LogP contribution in [0.4, 0.5) is 0 Å². The average Bonchev–Trinajstić information content (AvgIpc) is 2.72. The van der Waals surface area contributed by atoms with Crippen molar-refractivity contribution in [1.82, 2.24) is 20.0 Å². The summed E-state index contributed by atoms with van der Waals surface area (Å²) in [5, 5.41) is 18.8. The Kier molecular flexibility index (Phi) is 1.79. The van der Waals surface area contributed by atoms with Crippen molar-refractivity contribution < 1.29 is 0 Å². The van der Waals surface area contributed by atoms with Gasteiger partial charge in [-0.2, -0.15) is 9.94 Å². The van der Waals surface area contributed by atoms with Gasteiger partial charge in [-0.05, 0) is 6.92 Å². The molecule has 0 aromatic carbocycles. The van der Waals surface area contributed by atoms with E-state index >= 15 is 0 Å². The van der Waals surface area contributed by atoms with Crippen LogP contribution in [0.15, 0.2) is 11.6 Å². The highest BCUT2D eigenvalue weighted by Gasteiger charge is 2.10. The van der Waals surface area contributed by atoms with Crippen LogP contribution in [0.3, 0.4) is 0 Å². The quantitative estimate of drug-likeness (QED) is 0.671. The molecule has 0 aliphatic carbocycles. The number of thiazole rings is 1. The number of nitrogens with zero attached hydrogens (tertiary/aromatic N) is 5. The number of rotatable bonds is 1. The summed E-state index contributed by atoms with van der Waals surface area (Å²) in [6.45, 7) is 1.79. The van der Waals surface area contributed by atoms with E-state index in [1.54, 1.807) is 17.8 Å². The minimum absolute atomic E-state index is 0.343. The normalized spacial score (nSPS) is 9.85. The maximum atomic E-state index is 8.65. The van der Waals surface area contributed by atoms with Crippen molar-refractivity contribution in [1.29, 1.82) is 5.26 Å². The average molecular weight is 191 g/mol. The largest absolute Gasteiger partial charge is 0.227 e. The fraction of sp³-hybridized carbons (Fsp3) is 0.143. The summed E-state index contributed by atoms with van der Waals surface area (Å²) in [6, 6.07) is 1.96. The molecule has 0 radical (unpaired) electrons. The van der Waals surface area contributed by atoms with Gasteiger partial charge in [0.1, 0.15) is 6.07 Å². The molecule has 0 fully saturated rings. The van der Waals surface area contributed by atoms with Crippen LogP contribution in [0.5, 0.6) is 0 Å². The van der Waals surface area contributed by atoms with Crippen LogP contribution in [0.2, 0.25) is 0 Å². The third-order valence-corrected chi connectivity index (χ3v) is 2.35. The molecule has 0 bridgehead atoms. The highest BCUT2D eigenvalue weighted by atomic mass is 32.1.